The predicted molar refractivity (Wildman–Crippen MR) is 123 cm³/mol. The number of carboxylic acids is 2. The largest absolute Gasteiger partial charge is 0.481 e. The van der Waals surface area contributed by atoms with Crippen LogP contribution in [0.3, 0.4) is 0 Å². The highest BCUT2D eigenvalue weighted by Crippen LogP contribution is 2.47. The van der Waals surface area contributed by atoms with Crippen LogP contribution in [0.15, 0.2) is 16.6 Å². The minimum Gasteiger partial charge on any atom is -0.481 e. The molecule has 2 aromatic rings. The molecule has 0 aliphatic carbocycles. The van der Waals surface area contributed by atoms with Gasteiger partial charge in [-0.15, -0.1) is 28.2 Å². The fourth-order valence-electron chi connectivity index (χ4n) is 3.88. The molecular weight excluding hydrogens is 506 g/mol. The van der Waals surface area contributed by atoms with Crippen molar-refractivity contribution < 1.29 is 29.4 Å². The van der Waals surface area contributed by atoms with Crippen molar-refractivity contribution in [3.8, 4) is 0 Å². The summed E-state index contributed by atoms with van der Waals surface area (Å²) in [6.45, 7) is 1.13. The Hall–Kier alpha value is -2.69. The number of carboxylic acid groups (broad SMARTS) is 2. The molecule has 0 bridgehead atoms. The number of aliphatic carboxylic acids is 2. The van der Waals surface area contributed by atoms with Crippen LogP contribution in [0.1, 0.15) is 12.5 Å². The number of anilines is 1. The van der Waals surface area contributed by atoms with E-state index in [1.165, 1.54) is 39.8 Å². The lowest BCUT2D eigenvalue weighted by Gasteiger charge is -2.56. The molecule has 4 N–H and O–H groups in total. The summed E-state index contributed by atoms with van der Waals surface area (Å²) in [5.74, 6) is -2.59. The number of amides is 2. The van der Waals surface area contributed by atoms with E-state index in [9.17, 15) is 24.3 Å². The van der Waals surface area contributed by atoms with Gasteiger partial charge in [0.25, 0.3) is 0 Å². The number of thioether (sulfide) groups is 2. The number of nitrogens with zero attached hydrogens (tertiary/aromatic N) is 6. The zero-order valence-electron chi connectivity index (χ0n) is 17.9. The normalized spacial score (nSPS) is 23.8. The second-order valence-corrected chi connectivity index (χ2v) is 10.8. The summed E-state index contributed by atoms with van der Waals surface area (Å²) in [5.41, 5.74) is 5.26. The summed E-state index contributed by atoms with van der Waals surface area (Å²) in [4.78, 5) is 51.8. The van der Waals surface area contributed by atoms with Gasteiger partial charge in [-0.05, 0) is 21.9 Å². The molecule has 0 radical (unpaired) electrons. The maximum Gasteiger partial charge on any atom is 0.325 e. The number of rotatable bonds is 9. The summed E-state index contributed by atoms with van der Waals surface area (Å²) in [6, 6.07) is 1.09. The maximum absolute atomic E-state index is 13.1. The molecule has 0 aromatic carbocycles. The minimum absolute atomic E-state index is 0.0369. The van der Waals surface area contributed by atoms with Gasteiger partial charge in [-0.3, -0.25) is 24.1 Å². The van der Waals surface area contributed by atoms with Gasteiger partial charge in [-0.2, -0.15) is 0 Å². The summed E-state index contributed by atoms with van der Waals surface area (Å²) in [5, 5.41) is 32.1. The van der Waals surface area contributed by atoms with Crippen molar-refractivity contribution >= 4 is 63.6 Å². The average molecular weight is 528 g/mol. The molecule has 2 aliphatic rings. The van der Waals surface area contributed by atoms with E-state index < -0.39 is 29.9 Å². The molecule has 2 saturated heterocycles. The molecule has 2 fully saturated rings. The third-order valence-corrected chi connectivity index (χ3v) is 9.39. The van der Waals surface area contributed by atoms with Crippen molar-refractivity contribution in [1.82, 2.24) is 25.1 Å². The van der Waals surface area contributed by atoms with Crippen LogP contribution < -0.4 is 10.6 Å². The van der Waals surface area contributed by atoms with Crippen LogP contribution in [0.4, 0.5) is 5.00 Å². The van der Waals surface area contributed by atoms with Gasteiger partial charge in [-0.25, -0.2) is 4.68 Å². The molecular formula is C18H21N7O6S3. The van der Waals surface area contributed by atoms with Crippen molar-refractivity contribution in [1.29, 1.82) is 0 Å². The fourth-order valence-corrected chi connectivity index (χ4v) is 7.68. The Bertz CT molecular complexity index is 1140. The van der Waals surface area contributed by atoms with Crippen LogP contribution in [-0.2, 0) is 32.3 Å². The lowest BCUT2D eigenvalue weighted by molar-refractivity contribution is -0.156. The Morgan fingerprint density at radius 1 is 1.38 bits per heavy atom. The van der Waals surface area contributed by atoms with Crippen LogP contribution in [0, 0.1) is 5.41 Å². The Morgan fingerprint density at radius 3 is 2.79 bits per heavy atom. The Balaban J connectivity index is 1.51. The van der Waals surface area contributed by atoms with Gasteiger partial charge >= 0.3 is 11.9 Å². The third-order valence-electron chi connectivity index (χ3n) is 5.61. The zero-order chi connectivity index (χ0) is 24.6. The molecule has 4 heterocycles. The van der Waals surface area contributed by atoms with Gasteiger partial charge in [0, 0.05) is 37.1 Å². The van der Waals surface area contributed by atoms with Crippen LogP contribution in [0.25, 0.3) is 0 Å². The Morgan fingerprint density at radius 2 is 2.15 bits per heavy atom. The molecule has 3 atom stereocenters. The van der Waals surface area contributed by atoms with E-state index in [4.69, 9.17) is 10.8 Å². The van der Waals surface area contributed by atoms with E-state index >= 15 is 0 Å². The number of β-lactam (4-membered cyclic amide) rings is 1. The molecule has 2 unspecified atom stereocenters. The van der Waals surface area contributed by atoms with E-state index in [1.807, 2.05) is 11.4 Å². The van der Waals surface area contributed by atoms with E-state index in [0.717, 1.165) is 22.0 Å². The first kappa shape index (κ1) is 24.4. The van der Waals surface area contributed by atoms with E-state index in [0.29, 0.717) is 5.00 Å². The van der Waals surface area contributed by atoms with Crippen LogP contribution in [0.2, 0.25) is 0 Å². The summed E-state index contributed by atoms with van der Waals surface area (Å²) >= 11 is 3.67. The molecule has 4 rings (SSSR count). The van der Waals surface area contributed by atoms with Crippen molar-refractivity contribution in [2.75, 3.05) is 23.0 Å². The summed E-state index contributed by atoms with van der Waals surface area (Å²) in [6.07, 6.45) is 0. The highest BCUT2D eigenvalue weighted by molar-refractivity contribution is 8.00. The first-order valence-corrected chi connectivity index (χ1v) is 12.9. The summed E-state index contributed by atoms with van der Waals surface area (Å²) in [7, 11) is 0. The molecule has 2 aromatic heterocycles. The highest BCUT2D eigenvalue weighted by atomic mass is 32.2. The van der Waals surface area contributed by atoms with Crippen LogP contribution >= 0.6 is 34.9 Å². The van der Waals surface area contributed by atoms with Crippen molar-refractivity contribution in [2.24, 2.45) is 11.1 Å². The molecule has 2 aliphatic heterocycles. The number of carbonyl (C=O) groups is 4. The molecule has 16 heteroatoms. The van der Waals surface area contributed by atoms with Gasteiger partial charge in [0.15, 0.2) is 0 Å². The standard InChI is InChI=1S/C18H21N7O6S3/c1-9(26)25(14-10(4-19)2-3-32-14)12-13(29)23-6-18(16(30)31,7-33-15(12)23)8-34-17-20-21-22-24(17)5-11(27)28/h2-3,12,15H,4-8,19H2,1H3,(H,27,28)(H,30,31)/t12?,15-,18?/m1/s1. The number of tetrazole rings is 1. The second-order valence-electron chi connectivity index (χ2n) is 7.84. The lowest BCUT2D eigenvalue weighted by Crippen LogP contribution is -2.74. The molecule has 0 saturated carbocycles. The molecule has 0 spiro atoms. The number of carbonyl (C=O) groups excluding carboxylic acids is 2. The average Bonchev–Trinajstić information content (AvgIpc) is 3.43. The van der Waals surface area contributed by atoms with Crippen molar-refractivity contribution in [2.45, 2.75) is 36.6 Å². The molecule has 13 nitrogen and oxygen atoms in total. The van der Waals surface area contributed by atoms with E-state index in [2.05, 4.69) is 15.5 Å². The Kier molecular flexibility index (Phi) is 6.84. The van der Waals surface area contributed by atoms with Crippen molar-refractivity contribution in [3.63, 3.8) is 0 Å². The molecule has 34 heavy (non-hydrogen) atoms. The highest BCUT2D eigenvalue weighted by Gasteiger charge is 2.59. The van der Waals surface area contributed by atoms with Gasteiger partial charge in [0.05, 0.1) is 0 Å². The predicted octanol–water partition coefficient (Wildman–Crippen LogP) is -0.222. The van der Waals surface area contributed by atoms with Gasteiger partial charge in [-0.1, -0.05) is 11.8 Å². The number of hydrogen-bond acceptors (Lipinski definition) is 11. The van der Waals surface area contributed by atoms with E-state index in [1.54, 1.807) is 0 Å². The lowest BCUT2D eigenvalue weighted by atomic mass is 9.89. The second kappa shape index (κ2) is 9.52. The van der Waals surface area contributed by atoms with Crippen molar-refractivity contribution in [3.05, 3.63) is 17.0 Å². The van der Waals surface area contributed by atoms with E-state index in [-0.39, 0.29) is 46.9 Å². The first-order valence-electron chi connectivity index (χ1n) is 10.0. The van der Waals surface area contributed by atoms with Crippen LogP contribution in [-0.4, -0.2) is 88.5 Å². The number of thiophene rings is 1. The third kappa shape index (κ3) is 4.25. The first-order chi connectivity index (χ1) is 16.2. The Labute approximate surface area is 205 Å². The molecule has 2 amide bonds. The SMILES string of the molecule is CC(=O)N(c1sccc1CN)C1C(=O)N2CC(CSc3nnnn3CC(=O)O)(C(=O)O)CS[C@H]12. The smallest absolute Gasteiger partial charge is 0.325 e. The topological polar surface area (TPSA) is 185 Å². The summed E-state index contributed by atoms with van der Waals surface area (Å²) < 4.78 is 1.08. The fraction of sp³-hybridized carbons (Fsp3) is 0.500. The van der Waals surface area contributed by atoms with Gasteiger partial charge in [0.2, 0.25) is 17.0 Å². The number of aromatic nitrogens is 4. The zero-order valence-corrected chi connectivity index (χ0v) is 20.3. The number of fused-ring (bicyclic) bond motifs is 1. The van der Waals surface area contributed by atoms with Gasteiger partial charge < -0.3 is 20.8 Å². The minimum atomic E-state index is -1.29. The monoisotopic (exact) mass is 527 g/mol. The molecule has 182 valence electrons. The quantitative estimate of drug-likeness (QED) is 0.288. The maximum atomic E-state index is 13.1. The van der Waals surface area contributed by atoms with Gasteiger partial charge in [0.1, 0.15) is 28.4 Å². The van der Waals surface area contributed by atoms with Crippen LogP contribution in [0.5, 0.6) is 0 Å². The number of nitrogens with two attached hydrogens (primary N) is 1. The number of hydrogen-bond donors (Lipinski definition) is 3.